The largest absolute Gasteiger partial charge is 0.494 e. The van der Waals surface area contributed by atoms with E-state index in [-0.39, 0.29) is 17.2 Å². The number of para-hydroxylation sites is 1. The number of fused-ring (bicyclic) bond motifs is 1. The van der Waals surface area contributed by atoms with Gasteiger partial charge in [-0.05, 0) is 66.9 Å². The molecule has 1 N–H and O–H groups in total. The van der Waals surface area contributed by atoms with Crippen molar-refractivity contribution in [3.05, 3.63) is 88.7 Å². The van der Waals surface area contributed by atoms with Crippen molar-refractivity contribution < 1.29 is 9.53 Å². The predicted octanol–water partition coefficient (Wildman–Crippen LogP) is 5.64. The average molecular weight is 474 g/mol. The topological polar surface area (TPSA) is 73.2 Å². The summed E-state index contributed by atoms with van der Waals surface area (Å²) in [5.41, 5.74) is 3.04. The normalized spacial score (nSPS) is 11.1. The number of thioether (sulfide) groups is 1. The Morgan fingerprint density at radius 3 is 2.41 bits per heavy atom. The van der Waals surface area contributed by atoms with Crippen LogP contribution >= 0.6 is 11.8 Å². The van der Waals surface area contributed by atoms with Gasteiger partial charge < -0.3 is 10.1 Å². The summed E-state index contributed by atoms with van der Waals surface area (Å²) < 4.78 is 7.07. The van der Waals surface area contributed by atoms with E-state index in [1.54, 1.807) is 16.7 Å². The summed E-state index contributed by atoms with van der Waals surface area (Å²) in [6.45, 7) is 6.74. The maximum absolute atomic E-state index is 13.4. The van der Waals surface area contributed by atoms with E-state index < -0.39 is 0 Å². The molecule has 4 rings (SSSR count). The molecule has 34 heavy (non-hydrogen) atoms. The van der Waals surface area contributed by atoms with Crippen LogP contribution in [0.2, 0.25) is 0 Å². The van der Waals surface area contributed by atoms with Gasteiger partial charge in [0.2, 0.25) is 5.91 Å². The molecule has 1 aromatic heterocycles. The highest BCUT2D eigenvalue weighted by molar-refractivity contribution is 7.99. The molecule has 4 aromatic rings. The molecular weight excluding hydrogens is 446 g/mol. The zero-order valence-corrected chi connectivity index (χ0v) is 20.3. The van der Waals surface area contributed by atoms with Crippen molar-refractivity contribution >= 4 is 34.3 Å². The maximum Gasteiger partial charge on any atom is 0.266 e. The highest BCUT2D eigenvalue weighted by atomic mass is 32.2. The number of aromatic nitrogens is 2. The third kappa shape index (κ3) is 5.31. The van der Waals surface area contributed by atoms with Gasteiger partial charge in [0.15, 0.2) is 5.16 Å². The second-order valence-corrected chi connectivity index (χ2v) is 9.04. The Kier molecular flexibility index (Phi) is 7.33. The van der Waals surface area contributed by atoms with E-state index in [2.05, 4.69) is 19.2 Å². The second kappa shape index (κ2) is 10.6. The number of hydrogen-bond donors (Lipinski definition) is 1. The summed E-state index contributed by atoms with van der Waals surface area (Å²) in [5, 5.41) is 3.90. The number of carbonyl (C=O) groups excluding carboxylic acids is 1. The quantitative estimate of drug-likeness (QED) is 0.265. The smallest absolute Gasteiger partial charge is 0.266 e. The zero-order valence-electron chi connectivity index (χ0n) is 19.4. The van der Waals surface area contributed by atoms with Crippen molar-refractivity contribution in [1.82, 2.24) is 9.55 Å². The Morgan fingerprint density at radius 2 is 1.74 bits per heavy atom. The van der Waals surface area contributed by atoms with E-state index in [0.717, 1.165) is 11.4 Å². The van der Waals surface area contributed by atoms with Crippen LogP contribution in [-0.2, 0) is 4.79 Å². The molecule has 0 spiro atoms. The number of nitrogens with zero attached hydrogens (tertiary/aromatic N) is 2. The van der Waals surface area contributed by atoms with Gasteiger partial charge in [-0.15, -0.1) is 0 Å². The lowest BCUT2D eigenvalue weighted by Crippen LogP contribution is -2.23. The van der Waals surface area contributed by atoms with Crippen LogP contribution in [0.15, 0.2) is 82.7 Å². The molecule has 0 unspecified atom stereocenters. The average Bonchev–Trinajstić information content (AvgIpc) is 2.84. The van der Waals surface area contributed by atoms with Crippen LogP contribution < -0.4 is 15.6 Å². The first-order chi connectivity index (χ1) is 16.5. The monoisotopic (exact) mass is 473 g/mol. The predicted molar refractivity (Wildman–Crippen MR) is 138 cm³/mol. The summed E-state index contributed by atoms with van der Waals surface area (Å²) in [7, 11) is 0. The lowest BCUT2D eigenvalue weighted by Gasteiger charge is -2.14. The lowest BCUT2D eigenvalue weighted by molar-refractivity contribution is -0.113. The molecule has 3 aromatic carbocycles. The Bertz CT molecular complexity index is 1350. The van der Waals surface area contributed by atoms with E-state index >= 15 is 0 Å². The fourth-order valence-electron chi connectivity index (χ4n) is 3.57. The van der Waals surface area contributed by atoms with Gasteiger partial charge in [0, 0.05) is 5.69 Å². The lowest BCUT2D eigenvalue weighted by atomic mass is 10.0. The first-order valence-corrected chi connectivity index (χ1v) is 12.2. The zero-order chi connectivity index (χ0) is 24.1. The Labute approximate surface area is 203 Å². The number of benzene rings is 3. The van der Waals surface area contributed by atoms with E-state index in [1.165, 1.54) is 17.3 Å². The molecule has 0 radical (unpaired) electrons. The summed E-state index contributed by atoms with van der Waals surface area (Å²) in [5.74, 6) is 1.11. The second-order valence-electron chi connectivity index (χ2n) is 8.09. The summed E-state index contributed by atoms with van der Waals surface area (Å²) in [4.78, 5) is 30.7. The molecule has 0 aliphatic rings. The fourth-order valence-corrected chi connectivity index (χ4v) is 4.39. The maximum atomic E-state index is 13.4. The number of amides is 1. The molecule has 0 saturated heterocycles. The summed E-state index contributed by atoms with van der Waals surface area (Å²) in [6.07, 6.45) is 0. The molecule has 0 aliphatic carbocycles. The van der Waals surface area contributed by atoms with E-state index in [4.69, 9.17) is 9.72 Å². The first-order valence-electron chi connectivity index (χ1n) is 11.2. The van der Waals surface area contributed by atoms with Gasteiger partial charge in [-0.1, -0.05) is 49.9 Å². The van der Waals surface area contributed by atoms with Crippen molar-refractivity contribution in [2.24, 2.45) is 0 Å². The highest BCUT2D eigenvalue weighted by Gasteiger charge is 2.15. The van der Waals surface area contributed by atoms with Gasteiger partial charge in [-0.2, -0.15) is 0 Å². The van der Waals surface area contributed by atoms with Gasteiger partial charge in [0.1, 0.15) is 5.75 Å². The number of hydrogen-bond acceptors (Lipinski definition) is 5. The van der Waals surface area contributed by atoms with Crippen LogP contribution in [0.25, 0.3) is 16.6 Å². The third-order valence-electron chi connectivity index (χ3n) is 5.34. The van der Waals surface area contributed by atoms with Crippen LogP contribution in [0.5, 0.6) is 5.75 Å². The van der Waals surface area contributed by atoms with Crippen molar-refractivity contribution in [3.63, 3.8) is 0 Å². The molecule has 0 saturated carbocycles. The van der Waals surface area contributed by atoms with Crippen LogP contribution in [0.1, 0.15) is 32.3 Å². The Balaban J connectivity index is 1.60. The molecule has 1 heterocycles. The number of rotatable bonds is 8. The molecule has 0 atom stereocenters. The minimum atomic E-state index is -0.179. The standard InChI is InChI=1S/C27H27N3O3S/c1-4-33-22-15-13-21(14-16-22)30-26(32)23-7-5-6-8-24(23)29-27(30)34-17-25(31)28-20-11-9-19(10-12-20)18(2)3/h5-16,18H,4,17H2,1-3H3,(H,28,31). The molecule has 174 valence electrons. The van der Waals surface area contributed by atoms with Crippen molar-refractivity contribution in [3.8, 4) is 11.4 Å². The van der Waals surface area contributed by atoms with Crippen molar-refractivity contribution in [2.75, 3.05) is 17.7 Å². The number of anilines is 1. The first kappa shape index (κ1) is 23.6. The molecule has 7 heteroatoms. The van der Waals surface area contributed by atoms with Gasteiger partial charge >= 0.3 is 0 Å². The SMILES string of the molecule is CCOc1ccc(-n2c(SCC(=O)Nc3ccc(C(C)C)cc3)nc3ccccc3c2=O)cc1. The Morgan fingerprint density at radius 1 is 1.03 bits per heavy atom. The third-order valence-corrected chi connectivity index (χ3v) is 6.28. The van der Waals surface area contributed by atoms with Gasteiger partial charge in [-0.25, -0.2) is 4.98 Å². The number of nitrogens with one attached hydrogen (secondary N) is 1. The summed E-state index contributed by atoms with van der Waals surface area (Å²) >= 11 is 1.23. The van der Waals surface area contributed by atoms with Crippen LogP contribution in [0.4, 0.5) is 5.69 Å². The molecule has 1 amide bonds. The minimum absolute atomic E-state index is 0.119. The highest BCUT2D eigenvalue weighted by Crippen LogP contribution is 2.23. The van der Waals surface area contributed by atoms with Gasteiger partial charge in [0.25, 0.3) is 5.56 Å². The van der Waals surface area contributed by atoms with Crippen LogP contribution in [-0.4, -0.2) is 27.8 Å². The summed E-state index contributed by atoms with van der Waals surface area (Å²) in [6, 6.07) is 22.4. The Hall–Kier alpha value is -3.58. The minimum Gasteiger partial charge on any atom is -0.494 e. The molecule has 6 nitrogen and oxygen atoms in total. The molecular formula is C27H27N3O3S. The molecule has 0 bridgehead atoms. The fraction of sp³-hybridized carbons (Fsp3) is 0.222. The van der Waals surface area contributed by atoms with Crippen molar-refractivity contribution in [1.29, 1.82) is 0 Å². The van der Waals surface area contributed by atoms with Crippen LogP contribution in [0, 0.1) is 0 Å². The number of ether oxygens (including phenoxy) is 1. The van der Waals surface area contributed by atoms with E-state index in [1.807, 2.05) is 67.6 Å². The molecule has 0 aliphatic heterocycles. The van der Waals surface area contributed by atoms with E-state index in [9.17, 15) is 9.59 Å². The number of carbonyl (C=O) groups is 1. The van der Waals surface area contributed by atoms with E-state index in [0.29, 0.717) is 34.3 Å². The van der Waals surface area contributed by atoms with Crippen molar-refractivity contribution in [2.45, 2.75) is 31.8 Å². The van der Waals surface area contributed by atoms with Gasteiger partial charge in [-0.3, -0.25) is 14.2 Å². The van der Waals surface area contributed by atoms with Gasteiger partial charge in [0.05, 0.1) is 29.0 Å². The molecule has 0 fully saturated rings. The van der Waals surface area contributed by atoms with Crippen LogP contribution in [0.3, 0.4) is 0 Å².